The van der Waals surface area contributed by atoms with E-state index in [0.29, 0.717) is 10.9 Å². The summed E-state index contributed by atoms with van der Waals surface area (Å²) in [4.78, 5) is 4.66. The lowest BCUT2D eigenvalue weighted by atomic mass is 10.2. The highest BCUT2D eigenvalue weighted by Crippen LogP contribution is 2.25. The van der Waals surface area contributed by atoms with Gasteiger partial charge in [0.25, 0.3) is 0 Å². The molecule has 20 heavy (non-hydrogen) atoms. The minimum absolute atomic E-state index is 0.545. The van der Waals surface area contributed by atoms with Gasteiger partial charge in [-0.3, -0.25) is 4.57 Å². The van der Waals surface area contributed by atoms with Crippen molar-refractivity contribution in [1.82, 2.24) is 9.55 Å². The summed E-state index contributed by atoms with van der Waals surface area (Å²) >= 11 is 12.0. The van der Waals surface area contributed by atoms with Gasteiger partial charge in [0.05, 0.1) is 11.0 Å². The average molecular weight is 305 g/mol. The van der Waals surface area contributed by atoms with Crippen molar-refractivity contribution in [3.05, 3.63) is 58.9 Å². The Balaban J connectivity index is 2.27. The van der Waals surface area contributed by atoms with Gasteiger partial charge >= 0.3 is 0 Å². The summed E-state index contributed by atoms with van der Waals surface area (Å²) in [5.41, 5.74) is 4.27. The molecule has 0 radical (unpaired) electrons. The molecule has 0 spiro atoms. The van der Waals surface area contributed by atoms with Crippen molar-refractivity contribution >= 4 is 34.2 Å². The SMILES string of the molecule is Cc1ccc(-n2c(CCCl)nc3ccc(Cl)cc32)cc1. The smallest absolute Gasteiger partial charge is 0.115 e. The summed E-state index contributed by atoms with van der Waals surface area (Å²) in [5, 5.41) is 0.711. The second-order valence-electron chi connectivity index (χ2n) is 4.77. The monoisotopic (exact) mass is 304 g/mol. The van der Waals surface area contributed by atoms with Crippen LogP contribution in [0.15, 0.2) is 42.5 Å². The maximum absolute atomic E-state index is 6.12. The summed E-state index contributed by atoms with van der Waals surface area (Å²) in [6.07, 6.45) is 0.724. The molecule has 0 amide bonds. The molecule has 1 aromatic heterocycles. The van der Waals surface area contributed by atoms with E-state index in [0.717, 1.165) is 29.0 Å². The minimum Gasteiger partial charge on any atom is -0.296 e. The molecule has 2 nitrogen and oxygen atoms in total. The zero-order valence-corrected chi connectivity index (χ0v) is 12.6. The van der Waals surface area contributed by atoms with E-state index in [1.165, 1.54) is 5.56 Å². The van der Waals surface area contributed by atoms with Gasteiger partial charge in [-0.2, -0.15) is 0 Å². The summed E-state index contributed by atoms with van der Waals surface area (Å²) in [5.74, 6) is 1.50. The fraction of sp³-hybridized carbons (Fsp3) is 0.188. The van der Waals surface area contributed by atoms with E-state index in [9.17, 15) is 0 Å². The third kappa shape index (κ3) is 2.41. The molecule has 102 valence electrons. The molecule has 1 heterocycles. The van der Waals surface area contributed by atoms with Gasteiger partial charge in [0, 0.05) is 23.0 Å². The van der Waals surface area contributed by atoms with E-state index in [1.54, 1.807) is 0 Å². The van der Waals surface area contributed by atoms with Gasteiger partial charge in [-0.1, -0.05) is 29.3 Å². The standard InChI is InChI=1S/C16H14Cl2N2/c1-11-2-5-13(6-3-11)20-15-10-12(18)4-7-14(15)19-16(20)8-9-17/h2-7,10H,8-9H2,1H3. The van der Waals surface area contributed by atoms with Crippen LogP contribution < -0.4 is 0 Å². The van der Waals surface area contributed by atoms with Crippen molar-refractivity contribution in [2.75, 3.05) is 5.88 Å². The Hall–Kier alpha value is -1.51. The zero-order valence-electron chi connectivity index (χ0n) is 11.1. The molecular weight excluding hydrogens is 291 g/mol. The maximum atomic E-state index is 6.12. The first-order chi connectivity index (χ1) is 9.69. The highest BCUT2D eigenvalue weighted by atomic mass is 35.5. The number of halogens is 2. The lowest BCUT2D eigenvalue weighted by Crippen LogP contribution is -2.02. The summed E-state index contributed by atoms with van der Waals surface area (Å²) in [6, 6.07) is 14.1. The Morgan fingerprint density at radius 3 is 2.55 bits per heavy atom. The highest BCUT2D eigenvalue weighted by Gasteiger charge is 2.12. The Bertz CT molecular complexity index is 745. The van der Waals surface area contributed by atoms with Gasteiger partial charge in [0.2, 0.25) is 0 Å². The number of fused-ring (bicyclic) bond motifs is 1. The van der Waals surface area contributed by atoms with Crippen LogP contribution in [0.2, 0.25) is 5.02 Å². The third-order valence-electron chi connectivity index (χ3n) is 3.30. The maximum Gasteiger partial charge on any atom is 0.115 e. The second kappa shape index (κ2) is 5.47. The molecule has 0 saturated heterocycles. The third-order valence-corrected chi connectivity index (χ3v) is 3.72. The van der Waals surface area contributed by atoms with Crippen LogP contribution in [-0.2, 0) is 6.42 Å². The molecule has 0 aliphatic heterocycles. The van der Waals surface area contributed by atoms with Gasteiger partial charge in [0.1, 0.15) is 5.82 Å². The first kappa shape index (κ1) is 13.5. The van der Waals surface area contributed by atoms with Crippen molar-refractivity contribution in [2.24, 2.45) is 0 Å². The quantitative estimate of drug-likeness (QED) is 0.637. The zero-order chi connectivity index (χ0) is 14.1. The van der Waals surface area contributed by atoms with Crippen molar-refractivity contribution in [2.45, 2.75) is 13.3 Å². The van der Waals surface area contributed by atoms with Crippen LogP contribution in [0.4, 0.5) is 0 Å². The largest absolute Gasteiger partial charge is 0.296 e. The number of imidazole rings is 1. The Kier molecular flexibility index (Phi) is 3.68. The fourth-order valence-corrected chi connectivity index (χ4v) is 2.67. The number of aromatic nitrogens is 2. The normalized spacial score (nSPS) is 11.2. The molecule has 0 fully saturated rings. The van der Waals surface area contributed by atoms with Gasteiger partial charge in [0.15, 0.2) is 0 Å². The van der Waals surface area contributed by atoms with E-state index in [4.69, 9.17) is 23.2 Å². The molecule has 0 N–H and O–H groups in total. The summed E-state index contributed by atoms with van der Waals surface area (Å²) in [6.45, 7) is 2.08. The van der Waals surface area contributed by atoms with Crippen LogP contribution in [0.1, 0.15) is 11.4 Å². The second-order valence-corrected chi connectivity index (χ2v) is 5.59. The number of rotatable bonds is 3. The highest BCUT2D eigenvalue weighted by molar-refractivity contribution is 6.31. The number of hydrogen-bond acceptors (Lipinski definition) is 1. The number of hydrogen-bond donors (Lipinski definition) is 0. The lowest BCUT2D eigenvalue weighted by molar-refractivity contribution is 0.912. The Morgan fingerprint density at radius 1 is 1.10 bits per heavy atom. The minimum atomic E-state index is 0.545. The van der Waals surface area contributed by atoms with Crippen molar-refractivity contribution in [3.63, 3.8) is 0 Å². The van der Waals surface area contributed by atoms with Crippen LogP contribution in [0.25, 0.3) is 16.7 Å². The van der Waals surface area contributed by atoms with E-state index >= 15 is 0 Å². The molecule has 3 rings (SSSR count). The van der Waals surface area contributed by atoms with Gasteiger partial charge < -0.3 is 0 Å². The summed E-state index contributed by atoms with van der Waals surface area (Å²) < 4.78 is 2.13. The van der Waals surface area contributed by atoms with Gasteiger partial charge in [-0.05, 0) is 37.3 Å². The van der Waals surface area contributed by atoms with Crippen LogP contribution in [-0.4, -0.2) is 15.4 Å². The van der Waals surface area contributed by atoms with Crippen LogP contribution in [0.5, 0.6) is 0 Å². The van der Waals surface area contributed by atoms with Crippen LogP contribution in [0, 0.1) is 6.92 Å². The van der Waals surface area contributed by atoms with E-state index in [2.05, 4.69) is 40.7 Å². The topological polar surface area (TPSA) is 17.8 Å². The van der Waals surface area contributed by atoms with E-state index in [-0.39, 0.29) is 0 Å². The number of benzene rings is 2. The Labute approximate surface area is 128 Å². The predicted molar refractivity (Wildman–Crippen MR) is 85.2 cm³/mol. The molecule has 0 bridgehead atoms. The van der Waals surface area contributed by atoms with Crippen molar-refractivity contribution in [1.29, 1.82) is 0 Å². The van der Waals surface area contributed by atoms with Gasteiger partial charge in [-0.15, -0.1) is 11.6 Å². The van der Waals surface area contributed by atoms with Gasteiger partial charge in [-0.25, -0.2) is 4.98 Å². The van der Waals surface area contributed by atoms with Crippen molar-refractivity contribution < 1.29 is 0 Å². The van der Waals surface area contributed by atoms with Crippen molar-refractivity contribution in [3.8, 4) is 5.69 Å². The average Bonchev–Trinajstić information content (AvgIpc) is 2.78. The molecule has 0 atom stereocenters. The first-order valence-corrected chi connectivity index (χ1v) is 7.40. The van der Waals surface area contributed by atoms with E-state index in [1.807, 2.05) is 18.2 Å². The fourth-order valence-electron chi connectivity index (χ4n) is 2.33. The number of aryl methyl sites for hydroxylation is 2. The molecule has 0 aliphatic carbocycles. The number of alkyl halides is 1. The van der Waals surface area contributed by atoms with Crippen LogP contribution in [0.3, 0.4) is 0 Å². The predicted octanol–water partition coefficient (Wildman–Crippen LogP) is 4.77. The molecule has 4 heteroatoms. The summed E-state index contributed by atoms with van der Waals surface area (Å²) in [7, 11) is 0. The molecule has 2 aromatic carbocycles. The molecule has 3 aromatic rings. The lowest BCUT2D eigenvalue weighted by Gasteiger charge is -2.09. The molecular formula is C16H14Cl2N2. The Morgan fingerprint density at radius 2 is 1.85 bits per heavy atom. The van der Waals surface area contributed by atoms with E-state index < -0.39 is 0 Å². The molecule has 0 unspecified atom stereocenters. The molecule has 0 saturated carbocycles. The number of nitrogens with zero attached hydrogens (tertiary/aromatic N) is 2. The van der Waals surface area contributed by atoms with Crippen LogP contribution >= 0.6 is 23.2 Å². The first-order valence-electron chi connectivity index (χ1n) is 6.49. The molecule has 0 aliphatic rings.